The molecule has 0 spiro atoms. The van der Waals surface area contributed by atoms with Crippen molar-refractivity contribution in [1.82, 2.24) is 0 Å². The van der Waals surface area contributed by atoms with Gasteiger partial charge in [-0.2, -0.15) is 5.26 Å². The van der Waals surface area contributed by atoms with Crippen LogP contribution in [-0.2, 0) is 0 Å². The van der Waals surface area contributed by atoms with Crippen LogP contribution in [0, 0.1) is 17.1 Å². The number of fused-ring (bicyclic) bond motifs is 1. The second-order valence-corrected chi connectivity index (χ2v) is 2.72. The van der Waals surface area contributed by atoms with Gasteiger partial charge in [0.1, 0.15) is 6.61 Å². The molecule has 1 N–H and O–H groups in total. The lowest BCUT2D eigenvalue weighted by atomic mass is 10.2. The number of nitrogens with zero attached hydrogens (tertiary/aromatic N) is 1. The highest BCUT2D eigenvalue weighted by Crippen LogP contribution is 2.31. The third-order valence-corrected chi connectivity index (χ3v) is 1.84. The summed E-state index contributed by atoms with van der Waals surface area (Å²) in [6.45, 7) is 1.09. The normalized spacial score (nSPS) is 13.5. The first-order valence-corrected chi connectivity index (χ1v) is 3.91. The molecule has 0 unspecified atom stereocenters. The third-order valence-electron chi connectivity index (χ3n) is 1.84. The van der Waals surface area contributed by atoms with Gasteiger partial charge in [0.2, 0.25) is 0 Å². The molecule has 0 saturated heterocycles. The molecular formula is C9H7FN2O. The van der Waals surface area contributed by atoms with E-state index in [2.05, 4.69) is 5.32 Å². The Bertz CT molecular complexity index is 384. The number of halogens is 1. The van der Waals surface area contributed by atoms with Gasteiger partial charge in [-0.15, -0.1) is 0 Å². The van der Waals surface area contributed by atoms with Crippen LogP contribution in [0.5, 0.6) is 5.75 Å². The van der Waals surface area contributed by atoms with Gasteiger partial charge in [-0.05, 0) is 12.1 Å². The molecule has 0 aromatic heterocycles. The standard InChI is InChI=1S/C9H7FN2O/c10-7-3-6(5-11)4-8-9(7)13-2-1-12-8/h3-4,12H,1-2H2. The lowest BCUT2D eigenvalue weighted by molar-refractivity contribution is 0.306. The Morgan fingerprint density at radius 2 is 2.38 bits per heavy atom. The van der Waals surface area contributed by atoms with Crippen molar-refractivity contribution in [2.75, 3.05) is 18.5 Å². The summed E-state index contributed by atoms with van der Waals surface area (Å²) in [4.78, 5) is 0. The zero-order valence-corrected chi connectivity index (χ0v) is 6.80. The SMILES string of the molecule is N#Cc1cc(F)c2c(c1)NCCO2. The van der Waals surface area contributed by atoms with Crippen LogP contribution in [0.3, 0.4) is 0 Å². The van der Waals surface area contributed by atoms with Gasteiger partial charge >= 0.3 is 0 Å². The van der Waals surface area contributed by atoms with Crippen LogP contribution in [0.4, 0.5) is 10.1 Å². The van der Waals surface area contributed by atoms with Crippen molar-refractivity contribution < 1.29 is 9.13 Å². The minimum atomic E-state index is -0.485. The number of ether oxygens (including phenoxy) is 1. The fraction of sp³-hybridized carbons (Fsp3) is 0.222. The monoisotopic (exact) mass is 178 g/mol. The molecule has 0 saturated carbocycles. The first-order chi connectivity index (χ1) is 6.31. The lowest BCUT2D eigenvalue weighted by Crippen LogP contribution is -2.19. The fourth-order valence-corrected chi connectivity index (χ4v) is 1.27. The highest BCUT2D eigenvalue weighted by Gasteiger charge is 2.15. The predicted octanol–water partition coefficient (Wildman–Crippen LogP) is 1.50. The van der Waals surface area contributed by atoms with E-state index in [-0.39, 0.29) is 5.75 Å². The van der Waals surface area contributed by atoms with Crippen LogP contribution >= 0.6 is 0 Å². The maximum absolute atomic E-state index is 13.2. The number of rotatable bonds is 0. The van der Waals surface area contributed by atoms with Crippen molar-refractivity contribution in [2.24, 2.45) is 0 Å². The van der Waals surface area contributed by atoms with Gasteiger partial charge in [0.15, 0.2) is 11.6 Å². The van der Waals surface area contributed by atoms with Crippen LogP contribution in [0.15, 0.2) is 12.1 Å². The summed E-state index contributed by atoms with van der Waals surface area (Å²) in [6.07, 6.45) is 0. The molecule has 0 amide bonds. The molecule has 2 rings (SSSR count). The lowest BCUT2D eigenvalue weighted by Gasteiger charge is -2.19. The number of nitriles is 1. The molecule has 4 heteroatoms. The quantitative estimate of drug-likeness (QED) is 0.654. The van der Waals surface area contributed by atoms with Gasteiger partial charge in [-0.25, -0.2) is 4.39 Å². The molecule has 0 radical (unpaired) electrons. The minimum absolute atomic E-state index is 0.213. The molecular weight excluding hydrogens is 171 g/mol. The zero-order valence-electron chi connectivity index (χ0n) is 6.80. The van der Waals surface area contributed by atoms with Gasteiger partial charge in [0.25, 0.3) is 0 Å². The second kappa shape index (κ2) is 2.94. The fourth-order valence-electron chi connectivity index (χ4n) is 1.27. The molecule has 0 fully saturated rings. The van der Waals surface area contributed by atoms with E-state index < -0.39 is 5.82 Å². The summed E-state index contributed by atoms with van der Waals surface area (Å²) in [6, 6.07) is 4.64. The molecule has 1 aromatic carbocycles. The first kappa shape index (κ1) is 7.87. The molecule has 3 nitrogen and oxygen atoms in total. The zero-order chi connectivity index (χ0) is 9.26. The number of nitrogens with one attached hydrogen (secondary N) is 1. The van der Waals surface area contributed by atoms with Gasteiger partial charge in [-0.1, -0.05) is 0 Å². The third kappa shape index (κ3) is 1.29. The van der Waals surface area contributed by atoms with Gasteiger partial charge in [0, 0.05) is 6.54 Å². The van der Waals surface area contributed by atoms with Gasteiger partial charge in [-0.3, -0.25) is 0 Å². The summed E-state index contributed by atoms with van der Waals surface area (Å²) >= 11 is 0. The topological polar surface area (TPSA) is 45.0 Å². The summed E-state index contributed by atoms with van der Waals surface area (Å²) in [5.41, 5.74) is 0.858. The summed E-state index contributed by atoms with van der Waals surface area (Å²) in [5.74, 6) is -0.272. The van der Waals surface area contributed by atoms with Crippen molar-refractivity contribution in [3.63, 3.8) is 0 Å². The highest BCUT2D eigenvalue weighted by atomic mass is 19.1. The van der Waals surface area contributed by atoms with E-state index in [0.29, 0.717) is 24.4 Å². The Labute approximate surface area is 74.7 Å². The number of anilines is 1. The maximum Gasteiger partial charge on any atom is 0.178 e. The second-order valence-electron chi connectivity index (χ2n) is 2.72. The average molecular weight is 178 g/mol. The summed E-state index contributed by atoms with van der Waals surface area (Å²) < 4.78 is 18.3. The molecule has 0 atom stereocenters. The van der Waals surface area contributed by atoms with Crippen molar-refractivity contribution >= 4 is 5.69 Å². The van der Waals surface area contributed by atoms with Crippen LogP contribution < -0.4 is 10.1 Å². The molecule has 13 heavy (non-hydrogen) atoms. The summed E-state index contributed by atoms with van der Waals surface area (Å²) in [7, 11) is 0. The Balaban J connectivity index is 2.54. The predicted molar refractivity (Wildman–Crippen MR) is 45.1 cm³/mol. The van der Waals surface area contributed by atoms with Crippen molar-refractivity contribution in [3.05, 3.63) is 23.5 Å². The molecule has 66 valence electrons. The van der Waals surface area contributed by atoms with E-state index in [0.717, 1.165) is 0 Å². The van der Waals surface area contributed by atoms with E-state index in [9.17, 15) is 4.39 Å². The molecule has 0 bridgehead atoms. The molecule has 1 heterocycles. The largest absolute Gasteiger partial charge is 0.486 e. The first-order valence-electron chi connectivity index (χ1n) is 3.91. The van der Waals surface area contributed by atoms with E-state index in [1.165, 1.54) is 6.07 Å². The Morgan fingerprint density at radius 1 is 1.54 bits per heavy atom. The van der Waals surface area contributed by atoms with Crippen LogP contribution in [0.25, 0.3) is 0 Å². The van der Waals surface area contributed by atoms with Crippen molar-refractivity contribution in [1.29, 1.82) is 5.26 Å². The van der Waals surface area contributed by atoms with Crippen molar-refractivity contribution in [3.8, 4) is 11.8 Å². The van der Waals surface area contributed by atoms with E-state index in [4.69, 9.17) is 10.00 Å². The average Bonchev–Trinajstić information content (AvgIpc) is 2.18. The number of hydrogen-bond donors (Lipinski definition) is 1. The van der Waals surface area contributed by atoms with E-state index in [1.54, 1.807) is 6.07 Å². The van der Waals surface area contributed by atoms with E-state index >= 15 is 0 Å². The van der Waals surface area contributed by atoms with Crippen molar-refractivity contribution in [2.45, 2.75) is 0 Å². The summed E-state index contributed by atoms with van der Waals surface area (Å²) in [5, 5.41) is 11.5. The van der Waals surface area contributed by atoms with E-state index in [1.807, 2.05) is 6.07 Å². The smallest absolute Gasteiger partial charge is 0.178 e. The maximum atomic E-state index is 13.2. The molecule has 1 aliphatic heterocycles. The van der Waals surface area contributed by atoms with Crippen LogP contribution in [0.1, 0.15) is 5.56 Å². The Hall–Kier alpha value is -1.76. The minimum Gasteiger partial charge on any atom is -0.486 e. The molecule has 1 aromatic rings. The molecule has 0 aliphatic carbocycles. The van der Waals surface area contributed by atoms with Crippen LogP contribution in [-0.4, -0.2) is 13.2 Å². The van der Waals surface area contributed by atoms with Gasteiger partial charge in [0.05, 0.1) is 17.3 Å². The van der Waals surface area contributed by atoms with Gasteiger partial charge < -0.3 is 10.1 Å². The number of hydrogen-bond acceptors (Lipinski definition) is 3. The highest BCUT2D eigenvalue weighted by molar-refractivity contribution is 5.61. The Kier molecular flexibility index (Phi) is 1.78. The Morgan fingerprint density at radius 3 is 3.15 bits per heavy atom. The molecule has 1 aliphatic rings. The van der Waals surface area contributed by atoms with Crippen LogP contribution in [0.2, 0.25) is 0 Å². The number of benzene rings is 1.